The Balaban J connectivity index is 2.50. The summed E-state index contributed by atoms with van der Waals surface area (Å²) in [6.45, 7) is 1.61. The van der Waals surface area contributed by atoms with E-state index in [1.165, 1.54) is 18.3 Å². The number of aromatic nitrogens is 1. The molecule has 1 aromatic heterocycles. The Morgan fingerprint density at radius 3 is 2.50 bits per heavy atom. The van der Waals surface area contributed by atoms with Crippen molar-refractivity contribution in [2.75, 3.05) is 0 Å². The molecular formula is C12H8ClF2N. The molecule has 0 aliphatic carbocycles. The number of aryl methyl sites for hydroxylation is 1. The van der Waals surface area contributed by atoms with Crippen LogP contribution in [0.4, 0.5) is 8.78 Å². The van der Waals surface area contributed by atoms with E-state index in [2.05, 4.69) is 4.98 Å². The van der Waals surface area contributed by atoms with Gasteiger partial charge in [-0.3, -0.25) is 0 Å². The number of hydrogen-bond acceptors (Lipinski definition) is 1. The van der Waals surface area contributed by atoms with Crippen molar-refractivity contribution in [3.05, 3.63) is 52.8 Å². The lowest BCUT2D eigenvalue weighted by Crippen LogP contribution is -1.90. The molecule has 0 saturated carbocycles. The molecule has 0 amide bonds. The van der Waals surface area contributed by atoms with Crippen LogP contribution in [0.3, 0.4) is 0 Å². The second-order valence-corrected chi connectivity index (χ2v) is 3.87. The summed E-state index contributed by atoms with van der Waals surface area (Å²) in [6, 6.07) is 6.05. The van der Waals surface area contributed by atoms with Crippen LogP contribution >= 0.6 is 11.6 Å². The fourth-order valence-electron chi connectivity index (χ4n) is 1.39. The maximum Gasteiger partial charge on any atom is 0.215 e. The zero-order valence-electron chi connectivity index (χ0n) is 8.47. The van der Waals surface area contributed by atoms with E-state index < -0.39 is 11.8 Å². The molecule has 0 bridgehead atoms. The molecule has 0 atom stereocenters. The first-order chi connectivity index (χ1) is 7.58. The monoisotopic (exact) mass is 239 g/mol. The largest absolute Gasteiger partial charge is 0.227 e. The van der Waals surface area contributed by atoms with Gasteiger partial charge in [0.05, 0.1) is 5.02 Å². The topological polar surface area (TPSA) is 12.9 Å². The van der Waals surface area contributed by atoms with Gasteiger partial charge in [0.15, 0.2) is 0 Å². The van der Waals surface area contributed by atoms with Crippen LogP contribution in [0.2, 0.25) is 5.02 Å². The Hall–Kier alpha value is -1.48. The van der Waals surface area contributed by atoms with Crippen LogP contribution in [-0.4, -0.2) is 4.98 Å². The van der Waals surface area contributed by atoms with E-state index >= 15 is 0 Å². The molecule has 0 fully saturated rings. The molecule has 1 heterocycles. The molecule has 2 rings (SSSR count). The van der Waals surface area contributed by atoms with Crippen LogP contribution in [-0.2, 0) is 0 Å². The first kappa shape index (κ1) is 11.0. The molecule has 16 heavy (non-hydrogen) atoms. The van der Waals surface area contributed by atoms with Crippen molar-refractivity contribution >= 4 is 11.6 Å². The Kier molecular flexibility index (Phi) is 2.88. The third kappa shape index (κ3) is 2.04. The van der Waals surface area contributed by atoms with E-state index in [1.54, 1.807) is 19.1 Å². The van der Waals surface area contributed by atoms with Gasteiger partial charge in [0.25, 0.3) is 0 Å². The van der Waals surface area contributed by atoms with E-state index in [0.29, 0.717) is 16.7 Å². The average Bonchev–Trinajstić information content (AvgIpc) is 2.26. The highest BCUT2D eigenvalue weighted by atomic mass is 35.5. The zero-order chi connectivity index (χ0) is 11.7. The molecule has 4 heteroatoms. The molecule has 0 saturated heterocycles. The lowest BCUT2D eigenvalue weighted by atomic mass is 10.1. The van der Waals surface area contributed by atoms with Crippen molar-refractivity contribution in [3.63, 3.8) is 0 Å². The van der Waals surface area contributed by atoms with Crippen molar-refractivity contribution in [1.82, 2.24) is 4.98 Å². The average molecular weight is 240 g/mol. The number of benzene rings is 1. The standard InChI is InChI=1S/C12H8ClF2N/c1-7-4-9(6-16-12(7)15)8-2-3-10(13)11(14)5-8/h2-6H,1H3. The smallest absolute Gasteiger partial charge is 0.215 e. The number of hydrogen-bond donors (Lipinski definition) is 0. The maximum absolute atomic E-state index is 13.2. The van der Waals surface area contributed by atoms with Crippen LogP contribution in [0.1, 0.15) is 5.56 Å². The van der Waals surface area contributed by atoms with E-state index in [4.69, 9.17) is 11.6 Å². The Labute approximate surface area is 96.7 Å². The molecule has 0 unspecified atom stereocenters. The van der Waals surface area contributed by atoms with Crippen molar-refractivity contribution in [1.29, 1.82) is 0 Å². The number of rotatable bonds is 1. The van der Waals surface area contributed by atoms with Gasteiger partial charge in [-0.05, 0) is 30.7 Å². The summed E-state index contributed by atoms with van der Waals surface area (Å²) in [5.74, 6) is -1.01. The minimum atomic E-state index is -0.516. The molecular weight excluding hydrogens is 232 g/mol. The third-order valence-corrected chi connectivity index (χ3v) is 2.57. The summed E-state index contributed by atoms with van der Waals surface area (Å²) in [5.41, 5.74) is 1.71. The second-order valence-electron chi connectivity index (χ2n) is 3.46. The summed E-state index contributed by atoms with van der Waals surface area (Å²) in [5, 5.41) is 0.0653. The van der Waals surface area contributed by atoms with Crippen molar-refractivity contribution in [2.24, 2.45) is 0 Å². The molecule has 0 radical (unpaired) electrons. The molecule has 0 aliphatic heterocycles. The van der Waals surface area contributed by atoms with Crippen LogP contribution in [0.5, 0.6) is 0 Å². The normalized spacial score (nSPS) is 10.5. The van der Waals surface area contributed by atoms with Gasteiger partial charge in [-0.15, -0.1) is 0 Å². The van der Waals surface area contributed by atoms with Gasteiger partial charge in [-0.1, -0.05) is 17.7 Å². The van der Waals surface area contributed by atoms with E-state index in [-0.39, 0.29) is 5.02 Å². The molecule has 2 aromatic rings. The summed E-state index contributed by atoms with van der Waals surface area (Å²) in [7, 11) is 0. The Bertz CT molecular complexity index is 491. The number of nitrogens with zero attached hydrogens (tertiary/aromatic N) is 1. The third-order valence-electron chi connectivity index (χ3n) is 2.27. The van der Waals surface area contributed by atoms with Crippen LogP contribution in [0.25, 0.3) is 11.1 Å². The number of halogens is 3. The second kappa shape index (κ2) is 4.18. The fourth-order valence-corrected chi connectivity index (χ4v) is 1.51. The highest BCUT2D eigenvalue weighted by Gasteiger charge is 2.05. The summed E-state index contributed by atoms with van der Waals surface area (Å²) < 4.78 is 26.2. The van der Waals surface area contributed by atoms with E-state index in [0.717, 1.165) is 0 Å². The van der Waals surface area contributed by atoms with Crippen molar-refractivity contribution < 1.29 is 8.78 Å². The molecule has 0 spiro atoms. The Morgan fingerprint density at radius 1 is 1.12 bits per heavy atom. The van der Waals surface area contributed by atoms with Gasteiger partial charge in [-0.25, -0.2) is 9.37 Å². The van der Waals surface area contributed by atoms with E-state index in [1.807, 2.05) is 0 Å². The predicted molar refractivity (Wildman–Crippen MR) is 59.3 cm³/mol. The van der Waals surface area contributed by atoms with Crippen LogP contribution in [0.15, 0.2) is 30.5 Å². The van der Waals surface area contributed by atoms with Crippen LogP contribution in [0, 0.1) is 18.7 Å². The van der Waals surface area contributed by atoms with Crippen molar-refractivity contribution in [2.45, 2.75) is 6.92 Å². The van der Waals surface area contributed by atoms with Gasteiger partial charge in [0.1, 0.15) is 5.82 Å². The van der Waals surface area contributed by atoms with Gasteiger partial charge in [0.2, 0.25) is 5.95 Å². The lowest BCUT2D eigenvalue weighted by molar-refractivity contribution is 0.575. The quantitative estimate of drug-likeness (QED) is 0.686. The molecule has 82 valence electrons. The minimum Gasteiger partial charge on any atom is -0.227 e. The first-order valence-corrected chi connectivity index (χ1v) is 5.03. The summed E-state index contributed by atoms with van der Waals surface area (Å²) in [4.78, 5) is 3.59. The molecule has 1 aromatic carbocycles. The fraction of sp³-hybridized carbons (Fsp3) is 0.0833. The SMILES string of the molecule is Cc1cc(-c2ccc(Cl)c(F)c2)cnc1F. The van der Waals surface area contributed by atoms with Crippen LogP contribution < -0.4 is 0 Å². The minimum absolute atomic E-state index is 0.0653. The summed E-state index contributed by atoms with van der Waals surface area (Å²) in [6.07, 6.45) is 1.37. The maximum atomic E-state index is 13.2. The Morgan fingerprint density at radius 2 is 1.88 bits per heavy atom. The summed E-state index contributed by atoms with van der Waals surface area (Å²) >= 11 is 5.57. The molecule has 0 N–H and O–H groups in total. The lowest BCUT2D eigenvalue weighted by Gasteiger charge is -2.04. The molecule has 1 nitrogen and oxygen atoms in total. The van der Waals surface area contributed by atoms with Gasteiger partial charge in [0, 0.05) is 17.3 Å². The highest BCUT2D eigenvalue weighted by Crippen LogP contribution is 2.24. The molecule has 0 aliphatic rings. The van der Waals surface area contributed by atoms with Gasteiger partial charge < -0.3 is 0 Å². The van der Waals surface area contributed by atoms with E-state index in [9.17, 15) is 8.78 Å². The number of pyridine rings is 1. The first-order valence-electron chi connectivity index (χ1n) is 4.65. The predicted octanol–water partition coefficient (Wildman–Crippen LogP) is 3.99. The van der Waals surface area contributed by atoms with Gasteiger partial charge >= 0.3 is 0 Å². The van der Waals surface area contributed by atoms with Crippen molar-refractivity contribution in [3.8, 4) is 11.1 Å². The zero-order valence-corrected chi connectivity index (χ0v) is 9.22. The van der Waals surface area contributed by atoms with Gasteiger partial charge in [-0.2, -0.15) is 4.39 Å². The highest BCUT2D eigenvalue weighted by molar-refractivity contribution is 6.30.